The first-order chi connectivity index (χ1) is 15.1. The van der Waals surface area contributed by atoms with Gasteiger partial charge in [-0.15, -0.1) is 0 Å². The van der Waals surface area contributed by atoms with E-state index in [1.54, 1.807) is 48.4 Å². The molecular weight excluding hydrogens is 434 g/mol. The summed E-state index contributed by atoms with van der Waals surface area (Å²) in [6, 6.07) is 10.0. The van der Waals surface area contributed by atoms with Crippen molar-refractivity contribution in [3.8, 4) is 23.0 Å². The van der Waals surface area contributed by atoms with Crippen LogP contribution in [-0.2, 0) is 16.7 Å². The van der Waals surface area contributed by atoms with E-state index in [4.69, 9.17) is 18.4 Å². The SMILES string of the molecule is CCS(=O)(=O)Oc1cc(CN(CC(C)C)C(=O)c2ccc(OC)cc2OC)ccc1OC. The second kappa shape index (κ2) is 11.1. The molecule has 32 heavy (non-hydrogen) atoms. The number of benzene rings is 2. The molecule has 0 saturated carbocycles. The van der Waals surface area contributed by atoms with Crippen LogP contribution >= 0.6 is 0 Å². The number of hydrogen-bond acceptors (Lipinski definition) is 7. The van der Waals surface area contributed by atoms with E-state index in [9.17, 15) is 13.2 Å². The maximum absolute atomic E-state index is 13.4. The number of carbonyl (C=O) groups excluding carboxylic acids is 1. The topological polar surface area (TPSA) is 91.4 Å². The normalized spacial score (nSPS) is 11.2. The Morgan fingerprint density at radius 1 is 0.938 bits per heavy atom. The van der Waals surface area contributed by atoms with Crippen LogP contribution in [0, 0.1) is 5.92 Å². The van der Waals surface area contributed by atoms with Crippen LogP contribution in [0.5, 0.6) is 23.0 Å². The number of carbonyl (C=O) groups is 1. The summed E-state index contributed by atoms with van der Waals surface area (Å²) in [5.41, 5.74) is 1.11. The minimum absolute atomic E-state index is 0.0887. The minimum Gasteiger partial charge on any atom is -0.497 e. The van der Waals surface area contributed by atoms with E-state index in [0.29, 0.717) is 34.9 Å². The zero-order valence-corrected chi connectivity index (χ0v) is 20.2. The Balaban J connectivity index is 2.40. The number of methoxy groups -OCH3 is 3. The minimum atomic E-state index is -3.73. The Morgan fingerprint density at radius 3 is 2.19 bits per heavy atom. The Bertz CT molecular complexity index is 1030. The van der Waals surface area contributed by atoms with Crippen LogP contribution in [-0.4, -0.2) is 52.9 Å². The second-order valence-corrected chi connectivity index (χ2v) is 9.42. The molecular formula is C23H31NO7S. The van der Waals surface area contributed by atoms with Crippen molar-refractivity contribution < 1.29 is 31.6 Å². The third-order valence-electron chi connectivity index (χ3n) is 4.68. The van der Waals surface area contributed by atoms with E-state index in [-0.39, 0.29) is 29.9 Å². The standard InChI is InChI=1S/C23H31NO7S/c1-7-32(26,27)31-22-12-17(8-11-20(22)29-5)15-24(14-16(2)3)23(25)19-10-9-18(28-4)13-21(19)30-6/h8-13,16H,7,14-15H2,1-6H3. The third-order valence-corrected chi connectivity index (χ3v) is 5.82. The summed E-state index contributed by atoms with van der Waals surface area (Å²) in [4.78, 5) is 15.1. The molecule has 0 aliphatic carbocycles. The maximum Gasteiger partial charge on any atom is 0.309 e. The molecule has 0 bridgehead atoms. The molecule has 2 aromatic rings. The lowest BCUT2D eigenvalue weighted by molar-refractivity contribution is 0.0719. The highest BCUT2D eigenvalue weighted by Crippen LogP contribution is 2.31. The number of hydrogen-bond donors (Lipinski definition) is 0. The van der Waals surface area contributed by atoms with E-state index in [2.05, 4.69) is 0 Å². The molecule has 0 radical (unpaired) electrons. The van der Waals surface area contributed by atoms with Crippen LogP contribution in [0.25, 0.3) is 0 Å². The quantitative estimate of drug-likeness (QED) is 0.467. The van der Waals surface area contributed by atoms with E-state index in [1.165, 1.54) is 21.1 Å². The van der Waals surface area contributed by atoms with E-state index in [0.717, 1.165) is 0 Å². The molecule has 0 unspecified atom stereocenters. The molecule has 9 heteroatoms. The van der Waals surface area contributed by atoms with Gasteiger partial charge in [0.15, 0.2) is 11.5 Å². The van der Waals surface area contributed by atoms with Gasteiger partial charge >= 0.3 is 10.1 Å². The largest absolute Gasteiger partial charge is 0.497 e. The first kappa shape index (κ1) is 25.3. The van der Waals surface area contributed by atoms with Crippen LogP contribution in [0.2, 0.25) is 0 Å². The van der Waals surface area contributed by atoms with Gasteiger partial charge in [0, 0.05) is 19.2 Å². The van der Waals surface area contributed by atoms with E-state index in [1.807, 2.05) is 13.8 Å². The molecule has 2 aromatic carbocycles. The summed E-state index contributed by atoms with van der Waals surface area (Å²) in [7, 11) is 0.747. The summed E-state index contributed by atoms with van der Waals surface area (Å²) in [5, 5.41) is 0. The van der Waals surface area contributed by atoms with Crippen LogP contribution < -0.4 is 18.4 Å². The van der Waals surface area contributed by atoms with Gasteiger partial charge in [0.2, 0.25) is 0 Å². The fourth-order valence-corrected chi connectivity index (χ4v) is 3.63. The van der Waals surface area contributed by atoms with Crippen LogP contribution in [0.3, 0.4) is 0 Å². The van der Waals surface area contributed by atoms with Crippen molar-refractivity contribution >= 4 is 16.0 Å². The highest BCUT2D eigenvalue weighted by atomic mass is 32.2. The maximum atomic E-state index is 13.4. The smallest absolute Gasteiger partial charge is 0.309 e. The lowest BCUT2D eigenvalue weighted by Crippen LogP contribution is -2.34. The van der Waals surface area contributed by atoms with Crippen LogP contribution in [0.15, 0.2) is 36.4 Å². The molecule has 0 atom stereocenters. The third kappa shape index (κ3) is 6.53. The van der Waals surface area contributed by atoms with Crippen molar-refractivity contribution in [3.05, 3.63) is 47.5 Å². The molecule has 0 saturated heterocycles. The molecule has 0 spiro atoms. The van der Waals surface area contributed by atoms with Gasteiger partial charge < -0.3 is 23.3 Å². The molecule has 0 heterocycles. The monoisotopic (exact) mass is 465 g/mol. The summed E-state index contributed by atoms with van der Waals surface area (Å²) in [6.07, 6.45) is 0. The van der Waals surface area contributed by atoms with Gasteiger partial charge in [-0.3, -0.25) is 4.79 Å². The van der Waals surface area contributed by atoms with E-state index < -0.39 is 10.1 Å². The molecule has 1 amide bonds. The Labute approximate surface area is 190 Å². The van der Waals surface area contributed by atoms with Crippen molar-refractivity contribution in [2.45, 2.75) is 27.3 Å². The Morgan fingerprint density at radius 2 is 1.62 bits per heavy atom. The van der Waals surface area contributed by atoms with Gasteiger partial charge in [-0.05, 0) is 42.7 Å². The van der Waals surface area contributed by atoms with Crippen molar-refractivity contribution in [1.82, 2.24) is 4.90 Å². The summed E-state index contributed by atoms with van der Waals surface area (Å²) in [6.45, 7) is 6.27. The summed E-state index contributed by atoms with van der Waals surface area (Å²) in [5.74, 6) is 1.21. The molecule has 0 aromatic heterocycles. The second-order valence-electron chi connectivity index (χ2n) is 7.56. The fourth-order valence-electron chi connectivity index (χ4n) is 3.11. The zero-order chi connectivity index (χ0) is 23.9. The molecule has 2 rings (SSSR count). The summed E-state index contributed by atoms with van der Waals surface area (Å²) < 4.78 is 45.0. The van der Waals surface area contributed by atoms with E-state index >= 15 is 0 Å². The van der Waals surface area contributed by atoms with Crippen molar-refractivity contribution in [2.24, 2.45) is 5.92 Å². The highest BCUT2D eigenvalue weighted by molar-refractivity contribution is 7.87. The number of ether oxygens (including phenoxy) is 3. The van der Waals surface area contributed by atoms with Crippen molar-refractivity contribution in [3.63, 3.8) is 0 Å². The molecule has 0 aliphatic rings. The average molecular weight is 466 g/mol. The van der Waals surface area contributed by atoms with Gasteiger partial charge in [-0.25, -0.2) is 0 Å². The van der Waals surface area contributed by atoms with Gasteiger partial charge in [-0.2, -0.15) is 8.42 Å². The average Bonchev–Trinajstić information content (AvgIpc) is 2.77. The lowest BCUT2D eigenvalue weighted by atomic mass is 10.1. The predicted molar refractivity (Wildman–Crippen MR) is 122 cm³/mol. The molecule has 176 valence electrons. The zero-order valence-electron chi connectivity index (χ0n) is 19.4. The number of nitrogens with zero attached hydrogens (tertiary/aromatic N) is 1. The van der Waals surface area contributed by atoms with Gasteiger partial charge in [0.25, 0.3) is 5.91 Å². The summed E-state index contributed by atoms with van der Waals surface area (Å²) >= 11 is 0. The Hall–Kier alpha value is -2.94. The molecule has 0 fully saturated rings. The van der Waals surface area contributed by atoms with Gasteiger partial charge in [0.1, 0.15) is 11.5 Å². The fraction of sp³-hybridized carbons (Fsp3) is 0.435. The Kier molecular flexibility index (Phi) is 8.77. The number of rotatable bonds is 11. The molecule has 0 aliphatic heterocycles. The van der Waals surface area contributed by atoms with Crippen molar-refractivity contribution in [2.75, 3.05) is 33.6 Å². The predicted octanol–water partition coefficient (Wildman–Crippen LogP) is 3.74. The first-order valence-corrected chi connectivity index (χ1v) is 11.8. The molecule has 8 nitrogen and oxygen atoms in total. The van der Waals surface area contributed by atoms with Gasteiger partial charge in [-0.1, -0.05) is 19.9 Å². The van der Waals surface area contributed by atoms with Crippen LogP contribution in [0.1, 0.15) is 36.7 Å². The first-order valence-electron chi connectivity index (χ1n) is 10.2. The highest BCUT2D eigenvalue weighted by Gasteiger charge is 2.22. The molecule has 0 N–H and O–H groups in total. The van der Waals surface area contributed by atoms with Crippen molar-refractivity contribution in [1.29, 1.82) is 0 Å². The van der Waals surface area contributed by atoms with Crippen LogP contribution in [0.4, 0.5) is 0 Å². The van der Waals surface area contributed by atoms with Gasteiger partial charge in [0.05, 0.1) is 32.6 Å². The lowest BCUT2D eigenvalue weighted by Gasteiger charge is -2.26. The number of amides is 1.